The minimum absolute atomic E-state index is 0.288. The summed E-state index contributed by atoms with van der Waals surface area (Å²) in [5.41, 5.74) is 2.68. The van der Waals surface area contributed by atoms with Crippen molar-refractivity contribution in [3.8, 4) is 11.1 Å². The number of H-pyrrole nitrogens is 1. The molecule has 0 saturated heterocycles. The predicted molar refractivity (Wildman–Crippen MR) is 85.2 cm³/mol. The van der Waals surface area contributed by atoms with Gasteiger partial charge >= 0.3 is 0 Å². The molecule has 9 heteroatoms. The fourth-order valence-corrected chi connectivity index (χ4v) is 2.91. The molecule has 0 bridgehead atoms. The van der Waals surface area contributed by atoms with Gasteiger partial charge in [0.25, 0.3) is 0 Å². The van der Waals surface area contributed by atoms with Crippen LogP contribution >= 0.6 is 11.6 Å². The van der Waals surface area contributed by atoms with Gasteiger partial charge in [0.05, 0.1) is 30.7 Å². The lowest BCUT2D eigenvalue weighted by atomic mass is 10.1. The van der Waals surface area contributed by atoms with E-state index < -0.39 is 10.0 Å². The molecule has 0 atom stereocenters. The van der Waals surface area contributed by atoms with Crippen molar-refractivity contribution in [2.45, 2.75) is 6.54 Å². The molecule has 22 heavy (non-hydrogen) atoms. The first kappa shape index (κ1) is 15.0. The lowest BCUT2D eigenvalue weighted by molar-refractivity contribution is 0.565. The smallest absolute Gasteiger partial charge is 0.208 e. The maximum Gasteiger partial charge on any atom is 0.208 e. The van der Waals surface area contributed by atoms with Crippen LogP contribution in [0.1, 0.15) is 0 Å². The molecule has 2 heterocycles. The largest absolute Gasteiger partial charge is 0.278 e. The zero-order chi connectivity index (χ0) is 15.7. The van der Waals surface area contributed by atoms with Crippen molar-refractivity contribution in [1.29, 1.82) is 0 Å². The fraction of sp³-hybridized carbons (Fsp3) is 0.231. The average Bonchev–Trinajstić information content (AvgIpc) is 3.04. The minimum atomic E-state index is -3.19. The third-order valence-electron chi connectivity index (χ3n) is 3.17. The molecular formula is C13H14ClN5O2S. The molecule has 116 valence electrons. The minimum Gasteiger partial charge on any atom is -0.278 e. The van der Waals surface area contributed by atoms with E-state index in [9.17, 15) is 8.42 Å². The Kier molecular flexibility index (Phi) is 3.90. The number of fused-ring (bicyclic) bond motifs is 1. The van der Waals surface area contributed by atoms with Crippen molar-refractivity contribution < 1.29 is 8.42 Å². The Labute approximate surface area is 132 Å². The number of nitrogens with zero attached hydrogens (tertiary/aromatic N) is 3. The second-order valence-electron chi connectivity index (χ2n) is 4.94. The van der Waals surface area contributed by atoms with Crippen LogP contribution in [0.15, 0.2) is 30.7 Å². The van der Waals surface area contributed by atoms with Gasteiger partial charge < -0.3 is 0 Å². The van der Waals surface area contributed by atoms with Crippen molar-refractivity contribution in [2.24, 2.45) is 0 Å². The standard InChI is InChI=1S/C13H14ClN5O2S/c1-22(20,21)17-2-3-19-8-9(6-16-19)11-4-10(14)5-13-12(11)7-15-18-13/h4-8,17H,2-3H2,1H3,(H,15,18). The number of halogens is 1. The third kappa shape index (κ3) is 3.29. The van der Waals surface area contributed by atoms with Gasteiger partial charge in [0.2, 0.25) is 10.0 Å². The van der Waals surface area contributed by atoms with Gasteiger partial charge in [-0.3, -0.25) is 9.78 Å². The number of benzene rings is 1. The molecule has 0 saturated carbocycles. The summed E-state index contributed by atoms with van der Waals surface area (Å²) >= 11 is 6.12. The van der Waals surface area contributed by atoms with Crippen LogP contribution < -0.4 is 4.72 Å². The molecule has 2 N–H and O–H groups in total. The van der Waals surface area contributed by atoms with Crippen molar-refractivity contribution in [2.75, 3.05) is 12.8 Å². The van der Waals surface area contributed by atoms with Crippen molar-refractivity contribution in [3.05, 3.63) is 35.7 Å². The molecule has 1 aromatic carbocycles. The first-order valence-corrected chi connectivity index (χ1v) is 8.79. The molecule has 0 aliphatic rings. The maximum absolute atomic E-state index is 11.0. The van der Waals surface area contributed by atoms with E-state index in [0.29, 0.717) is 11.6 Å². The number of hydrogen-bond donors (Lipinski definition) is 2. The van der Waals surface area contributed by atoms with Crippen LogP contribution in [-0.2, 0) is 16.6 Å². The molecule has 2 aromatic heterocycles. The lowest BCUT2D eigenvalue weighted by Gasteiger charge is -2.03. The molecule has 0 spiro atoms. The van der Waals surface area contributed by atoms with Gasteiger partial charge in [0.15, 0.2) is 0 Å². The number of nitrogens with one attached hydrogen (secondary N) is 2. The van der Waals surface area contributed by atoms with E-state index >= 15 is 0 Å². The zero-order valence-corrected chi connectivity index (χ0v) is 13.3. The topological polar surface area (TPSA) is 92.7 Å². The van der Waals surface area contributed by atoms with Gasteiger partial charge in [-0.2, -0.15) is 10.2 Å². The molecule has 0 aliphatic heterocycles. The van der Waals surface area contributed by atoms with E-state index in [0.717, 1.165) is 28.3 Å². The summed E-state index contributed by atoms with van der Waals surface area (Å²) in [6.45, 7) is 0.735. The molecule has 0 radical (unpaired) electrons. The first-order chi connectivity index (χ1) is 10.4. The molecular weight excluding hydrogens is 326 g/mol. The monoisotopic (exact) mass is 339 g/mol. The van der Waals surface area contributed by atoms with Crippen LogP contribution in [0.4, 0.5) is 0 Å². The molecule has 0 fully saturated rings. The molecule has 0 unspecified atom stereocenters. The number of sulfonamides is 1. The molecule has 7 nitrogen and oxygen atoms in total. The summed E-state index contributed by atoms with van der Waals surface area (Å²) in [7, 11) is -3.19. The van der Waals surface area contributed by atoms with Gasteiger partial charge in [0, 0.05) is 28.7 Å². The van der Waals surface area contributed by atoms with Crippen molar-refractivity contribution in [3.63, 3.8) is 0 Å². The SMILES string of the molecule is CS(=O)(=O)NCCn1cc(-c2cc(Cl)cc3[nH]ncc23)cn1. The van der Waals surface area contributed by atoms with E-state index in [4.69, 9.17) is 11.6 Å². The van der Waals surface area contributed by atoms with Gasteiger partial charge in [-0.1, -0.05) is 11.6 Å². The summed E-state index contributed by atoms with van der Waals surface area (Å²) in [6.07, 6.45) is 6.44. The highest BCUT2D eigenvalue weighted by atomic mass is 35.5. The highest BCUT2D eigenvalue weighted by Crippen LogP contribution is 2.30. The number of aromatic nitrogens is 4. The highest BCUT2D eigenvalue weighted by molar-refractivity contribution is 7.88. The fourth-order valence-electron chi connectivity index (χ4n) is 2.23. The summed E-state index contributed by atoms with van der Waals surface area (Å²) in [5, 5.41) is 12.7. The van der Waals surface area contributed by atoms with E-state index in [1.54, 1.807) is 17.1 Å². The Bertz CT molecular complexity index is 916. The first-order valence-electron chi connectivity index (χ1n) is 6.52. The Morgan fingerprint density at radius 1 is 1.36 bits per heavy atom. The molecule has 3 aromatic rings. The Morgan fingerprint density at radius 3 is 2.95 bits per heavy atom. The van der Waals surface area contributed by atoms with Crippen molar-refractivity contribution >= 4 is 32.5 Å². The Balaban J connectivity index is 1.85. The Morgan fingerprint density at radius 2 is 2.18 bits per heavy atom. The van der Waals surface area contributed by atoms with E-state index in [1.807, 2.05) is 18.3 Å². The summed E-state index contributed by atoms with van der Waals surface area (Å²) in [6, 6.07) is 3.67. The van der Waals surface area contributed by atoms with E-state index in [-0.39, 0.29) is 6.54 Å². The van der Waals surface area contributed by atoms with Crippen LogP contribution in [0.5, 0.6) is 0 Å². The average molecular weight is 340 g/mol. The number of rotatable bonds is 5. The van der Waals surface area contributed by atoms with Crippen LogP contribution in [0, 0.1) is 0 Å². The summed E-state index contributed by atoms with van der Waals surface area (Å²) in [5.74, 6) is 0. The van der Waals surface area contributed by atoms with Crippen LogP contribution in [0.25, 0.3) is 22.0 Å². The van der Waals surface area contributed by atoms with Gasteiger partial charge in [0.1, 0.15) is 0 Å². The van der Waals surface area contributed by atoms with Crippen LogP contribution in [0.2, 0.25) is 5.02 Å². The van der Waals surface area contributed by atoms with Gasteiger partial charge in [-0.25, -0.2) is 13.1 Å². The highest BCUT2D eigenvalue weighted by Gasteiger charge is 2.10. The second kappa shape index (κ2) is 5.71. The predicted octanol–water partition coefficient (Wildman–Crippen LogP) is 1.63. The quantitative estimate of drug-likeness (QED) is 0.739. The van der Waals surface area contributed by atoms with E-state index in [1.165, 1.54) is 0 Å². The second-order valence-corrected chi connectivity index (χ2v) is 7.21. The van der Waals surface area contributed by atoms with Gasteiger partial charge in [-0.15, -0.1) is 0 Å². The molecule has 0 aliphatic carbocycles. The number of hydrogen-bond acceptors (Lipinski definition) is 4. The van der Waals surface area contributed by atoms with Crippen LogP contribution in [0.3, 0.4) is 0 Å². The molecule has 3 rings (SSSR count). The number of aromatic amines is 1. The zero-order valence-electron chi connectivity index (χ0n) is 11.7. The normalized spacial score (nSPS) is 12.1. The van der Waals surface area contributed by atoms with Crippen LogP contribution in [-0.4, -0.2) is 41.2 Å². The third-order valence-corrected chi connectivity index (χ3v) is 4.12. The van der Waals surface area contributed by atoms with Gasteiger partial charge in [-0.05, 0) is 17.7 Å². The summed E-state index contributed by atoms with van der Waals surface area (Å²) < 4.78 is 26.2. The van der Waals surface area contributed by atoms with Crippen molar-refractivity contribution in [1.82, 2.24) is 24.7 Å². The summed E-state index contributed by atoms with van der Waals surface area (Å²) in [4.78, 5) is 0. The molecule has 0 amide bonds. The Hall–Kier alpha value is -1.90. The maximum atomic E-state index is 11.0. The van der Waals surface area contributed by atoms with E-state index in [2.05, 4.69) is 20.0 Å². The lowest BCUT2D eigenvalue weighted by Crippen LogP contribution is -2.26.